The molecule has 6 nitrogen and oxygen atoms in total. The first-order valence-corrected chi connectivity index (χ1v) is 12.8. The Bertz CT molecular complexity index is 1310. The molecular weight excluding hydrogens is 478 g/mol. The lowest BCUT2D eigenvalue weighted by Gasteiger charge is -2.11. The molecule has 0 radical (unpaired) electrons. The Kier molecular flexibility index (Phi) is 8.53. The number of rotatable bonds is 10. The maximum absolute atomic E-state index is 12.2. The SMILES string of the molecule is COc1cc(/C=N/NC(=O)CSc2nc(-c3ccccc3)cs2)ccc1OCc1cccc(C)c1. The summed E-state index contributed by atoms with van der Waals surface area (Å²) in [6.45, 7) is 2.50. The number of nitrogens with one attached hydrogen (secondary N) is 1. The number of hydrazone groups is 1. The van der Waals surface area contributed by atoms with E-state index in [4.69, 9.17) is 9.47 Å². The van der Waals surface area contributed by atoms with Crippen molar-refractivity contribution in [3.63, 3.8) is 0 Å². The number of hydrogen-bond donors (Lipinski definition) is 1. The number of thioether (sulfide) groups is 1. The first kappa shape index (κ1) is 24.5. The van der Waals surface area contributed by atoms with E-state index >= 15 is 0 Å². The normalized spacial score (nSPS) is 10.9. The maximum Gasteiger partial charge on any atom is 0.250 e. The van der Waals surface area contributed by atoms with Crippen LogP contribution >= 0.6 is 23.1 Å². The van der Waals surface area contributed by atoms with Crippen LogP contribution in [0.25, 0.3) is 11.3 Å². The summed E-state index contributed by atoms with van der Waals surface area (Å²) in [6.07, 6.45) is 1.58. The predicted molar refractivity (Wildman–Crippen MR) is 143 cm³/mol. The third-order valence-corrected chi connectivity index (χ3v) is 6.97. The Hall–Kier alpha value is -3.62. The van der Waals surface area contributed by atoms with Crippen LogP contribution in [0.15, 0.2) is 87.6 Å². The monoisotopic (exact) mass is 503 g/mol. The number of aryl methyl sites for hydroxylation is 1. The van der Waals surface area contributed by atoms with Gasteiger partial charge in [0.15, 0.2) is 15.8 Å². The van der Waals surface area contributed by atoms with Crippen LogP contribution in [0.4, 0.5) is 0 Å². The van der Waals surface area contributed by atoms with Crippen LogP contribution in [0.3, 0.4) is 0 Å². The first-order chi connectivity index (χ1) is 17.1. The number of amides is 1. The highest BCUT2D eigenvalue weighted by Crippen LogP contribution is 2.29. The van der Waals surface area contributed by atoms with Crippen molar-refractivity contribution < 1.29 is 14.3 Å². The fourth-order valence-corrected chi connectivity index (χ4v) is 4.88. The lowest BCUT2D eigenvalue weighted by atomic mass is 10.1. The third kappa shape index (κ3) is 7.18. The lowest BCUT2D eigenvalue weighted by molar-refractivity contribution is -0.118. The minimum atomic E-state index is -0.201. The molecule has 0 spiro atoms. The summed E-state index contributed by atoms with van der Waals surface area (Å²) >= 11 is 2.91. The average molecular weight is 504 g/mol. The molecule has 1 N–H and O–H groups in total. The van der Waals surface area contributed by atoms with Gasteiger partial charge >= 0.3 is 0 Å². The third-order valence-electron chi connectivity index (χ3n) is 4.95. The second kappa shape index (κ2) is 12.2. The molecule has 178 valence electrons. The molecule has 0 aliphatic rings. The zero-order valence-corrected chi connectivity index (χ0v) is 21.1. The van der Waals surface area contributed by atoms with Gasteiger partial charge in [0.25, 0.3) is 5.91 Å². The van der Waals surface area contributed by atoms with Gasteiger partial charge in [-0.2, -0.15) is 5.10 Å². The zero-order chi connectivity index (χ0) is 24.5. The molecule has 1 heterocycles. The molecule has 0 aliphatic heterocycles. The molecule has 35 heavy (non-hydrogen) atoms. The van der Waals surface area contributed by atoms with Gasteiger partial charge in [-0.25, -0.2) is 10.4 Å². The number of carbonyl (C=O) groups excluding carboxylic acids is 1. The second-order valence-corrected chi connectivity index (χ2v) is 9.72. The minimum Gasteiger partial charge on any atom is -0.493 e. The molecule has 0 atom stereocenters. The van der Waals surface area contributed by atoms with Gasteiger partial charge in [-0.1, -0.05) is 71.9 Å². The summed E-state index contributed by atoms with van der Waals surface area (Å²) in [7, 11) is 1.59. The Balaban J connectivity index is 1.27. The van der Waals surface area contributed by atoms with E-state index in [1.54, 1.807) is 13.3 Å². The number of ether oxygens (including phenoxy) is 2. The van der Waals surface area contributed by atoms with Crippen molar-refractivity contribution in [1.29, 1.82) is 0 Å². The summed E-state index contributed by atoms with van der Waals surface area (Å²) in [4.78, 5) is 16.8. The van der Waals surface area contributed by atoms with E-state index in [9.17, 15) is 4.79 Å². The predicted octanol–water partition coefficient (Wildman–Crippen LogP) is 5.95. The van der Waals surface area contributed by atoms with E-state index in [-0.39, 0.29) is 11.7 Å². The van der Waals surface area contributed by atoms with Gasteiger partial charge in [0.1, 0.15) is 6.61 Å². The smallest absolute Gasteiger partial charge is 0.250 e. The topological polar surface area (TPSA) is 72.8 Å². The summed E-state index contributed by atoms with van der Waals surface area (Å²) in [5.41, 5.74) is 7.59. The molecule has 1 aromatic heterocycles. The van der Waals surface area contributed by atoms with E-state index in [1.807, 2.05) is 66.0 Å². The Morgan fingerprint density at radius 3 is 2.74 bits per heavy atom. The average Bonchev–Trinajstić information content (AvgIpc) is 3.36. The largest absolute Gasteiger partial charge is 0.493 e. The number of nitrogens with zero attached hydrogens (tertiary/aromatic N) is 2. The highest BCUT2D eigenvalue weighted by molar-refractivity contribution is 8.01. The number of carbonyl (C=O) groups is 1. The molecule has 0 fully saturated rings. The van der Waals surface area contributed by atoms with Crippen LogP contribution in [0, 0.1) is 6.92 Å². The van der Waals surface area contributed by atoms with Crippen LogP contribution in [-0.2, 0) is 11.4 Å². The molecule has 0 unspecified atom stereocenters. The highest BCUT2D eigenvalue weighted by atomic mass is 32.2. The van der Waals surface area contributed by atoms with Crippen LogP contribution in [0.1, 0.15) is 16.7 Å². The summed E-state index contributed by atoms with van der Waals surface area (Å²) < 4.78 is 12.2. The molecule has 1 amide bonds. The van der Waals surface area contributed by atoms with Gasteiger partial charge in [0.05, 0.1) is 24.8 Å². The summed E-state index contributed by atoms with van der Waals surface area (Å²) in [5.74, 6) is 1.27. The molecule has 0 saturated carbocycles. The van der Waals surface area contributed by atoms with Crippen molar-refractivity contribution in [2.24, 2.45) is 5.10 Å². The van der Waals surface area contributed by atoms with Crippen LogP contribution in [0.2, 0.25) is 0 Å². The molecule has 4 aromatic rings. The fourth-order valence-electron chi connectivity index (χ4n) is 3.25. The maximum atomic E-state index is 12.2. The van der Waals surface area contributed by atoms with Crippen LogP contribution in [-0.4, -0.2) is 30.0 Å². The minimum absolute atomic E-state index is 0.201. The molecule has 4 rings (SSSR count). The molecule has 8 heteroatoms. The number of methoxy groups -OCH3 is 1. The van der Waals surface area contributed by atoms with E-state index < -0.39 is 0 Å². The summed E-state index contributed by atoms with van der Waals surface area (Å²) in [6, 6.07) is 23.7. The van der Waals surface area contributed by atoms with Crippen molar-refractivity contribution in [2.75, 3.05) is 12.9 Å². The zero-order valence-electron chi connectivity index (χ0n) is 19.4. The highest BCUT2D eigenvalue weighted by Gasteiger charge is 2.08. The quantitative estimate of drug-likeness (QED) is 0.165. The number of hydrogen-bond acceptors (Lipinski definition) is 7. The van der Waals surface area contributed by atoms with Crippen LogP contribution in [0.5, 0.6) is 11.5 Å². The van der Waals surface area contributed by atoms with Crippen molar-refractivity contribution in [3.8, 4) is 22.8 Å². The summed E-state index contributed by atoms with van der Waals surface area (Å²) in [5, 5.41) is 6.06. The van der Waals surface area contributed by atoms with Crippen LogP contribution < -0.4 is 14.9 Å². The van der Waals surface area contributed by atoms with Gasteiger partial charge in [-0.3, -0.25) is 4.79 Å². The van der Waals surface area contributed by atoms with Gasteiger partial charge in [-0.05, 0) is 36.2 Å². The van der Waals surface area contributed by atoms with Gasteiger partial charge in [0.2, 0.25) is 0 Å². The van der Waals surface area contributed by atoms with E-state index in [2.05, 4.69) is 34.6 Å². The molecule has 0 aliphatic carbocycles. The molecule has 0 bridgehead atoms. The number of benzene rings is 3. The number of aromatic nitrogens is 1. The standard InChI is InChI=1S/C27H25N3O3S2/c1-19-7-6-8-21(13-19)16-33-24-12-11-20(14-25(24)32-2)15-28-30-26(31)18-35-27-29-23(17-34-27)22-9-4-3-5-10-22/h3-15,17H,16,18H2,1-2H3,(H,30,31)/b28-15+. The Labute approximate surface area is 213 Å². The van der Waals surface area contributed by atoms with Crippen molar-refractivity contribution in [2.45, 2.75) is 17.9 Å². The van der Waals surface area contributed by atoms with Crippen molar-refractivity contribution in [3.05, 3.63) is 94.9 Å². The van der Waals surface area contributed by atoms with Crippen molar-refractivity contribution in [1.82, 2.24) is 10.4 Å². The Morgan fingerprint density at radius 2 is 1.94 bits per heavy atom. The van der Waals surface area contributed by atoms with E-state index in [0.29, 0.717) is 18.1 Å². The molecular formula is C27H25N3O3S2. The van der Waals surface area contributed by atoms with Gasteiger partial charge < -0.3 is 9.47 Å². The van der Waals surface area contributed by atoms with E-state index in [1.165, 1.54) is 28.7 Å². The fraction of sp³-hybridized carbons (Fsp3) is 0.148. The van der Waals surface area contributed by atoms with E-state index in [0.717, 1.165) is 26.7 Å². The van der Waals surface area contributed by atoms with Crippen molar-refractivity contribution >= 4 is 35.2 Å². The lowest BCUT2D eigenvalue weighted by Crippen LogP contribution is -2.19. The first-order valence-electron chi connectivity index (χ1n) is 10.9. The second-order valence-electron chi connectivity index (χ2n) is 7.63. The molecule has 0 saturated heterocycles. The molecule has 3 aromatic carbocycles. The van der Waals surface area contributed by atoms with Gasteiger partial charge in [0, 0.05) is 10.9 Å². The number of thiazole rings is 1. The Morgan fingerprint density at radius 1 is 1.09 bits per heavy atom. The van der Waals surface area contributed by atoms with Gasteiger partial charge in [-0.15, -0.1) is 11.3 Å².